The first-order valence-corrected chi connectivity index (χ1v) is 9.69. The maximum atomic E-state index is 12.6. The van der Waals surface area contributed by atoms with Crippen LogP contribution < -0.4 is 15.4 Å². The van der Waals surface area contributed by atoms with Crippen LogP contribution in [0.15, 0.2) is 42.9 Å². The van der Waals surface area contributed by atoms with Crippen molar-refractivity contribution in [1.82, 2.24) is 25.1 Å². The van der Waals surface area contributed by atoms with Gasteiger partial charge in [-0.3, -0.25) is 9.48 Å². The number of aliphatic hydroxyl groups excluding tert-OH is 1. The second-order valence-corrected chi connectivity index (χ2v) is 7.15. The van der Waals surface area contributed by atoms with Crippen molar-refractivity contribution < 1.29 is 14.6 Å². The van der Waals surface area contributed by atoms with Crippen LogP contribution in [0.3, 0.4) is 0 Å². The molecule has 0 aliphatic heterocycles. The van der Waals surface area contributed by atoms with Gasteiger partial charge in [0.2, 0.25) is 5.95 Å². The lowest BCUT2D eigenvalue weighted by atomic mass is 10.2. The van der Waals surface area contributed by atoms with E-state index in [-0.39, 0.29) is 18.6 Å². The Hall–Kier alpha value is -3.17. The number of hydrogen-bond donors (Lipinski definition) is 3. The summed E-state index contributed by atoms with van der Waals surface area (Å²) >= 11 is 6.26. The van der Waals surface area contributed by atoms with Crippen LogP contribution in [0, 0.1) is 0 Å². The molecule has 1 unspecified atom stereocenters. The standard InChI is InChI=1S/C20H23ClN6O3/c1-12(2)27-10-13(8-23-27)18-15(21)9-22-20(26-18)25-17(11-28)24-19(29)14-6-4-5-7-16(14)30-3/h4-10,12,17,28H,11H2,1-3H3,(H,24,29)(H,22,25,26). The highest BCUT2D eigenvalue weighted by Crippen LogP contribution is 2.26. The van der Waals surface area contributed by atoms with Gasteiger partial charge in [0.1, 0.15) is 11.9 Å². The summed E-state index contributed by atoms with van der Waals surface area (Å²) in [5, 5.41) is 20.0. The maximum Gasteiger partial charge on any atom is 0.256 e. The van der Waals surface area contributed by atoms with E-state index < -0.39 is 12.1 Å². The van der Waals surface area contributed by atoms with Gasteiger partial charge in [-0.05, 0) is 26.0 Å². The number of hydrogen-bond acceptors (Lipinski definition) is 7. The molecule has 0 spiro atoms. The fourth-order valence-electron chi connectivity index (χ4n) is 2.73. The van der Waals surface area contributed by atoms with Gasteiger partial charge < -0.3 is 20.5 Å². The summed E-state index contributed by atoms with van der Waals surface area (Å²) in [5.74, 6) is 0.219. The van der Waals surface area contributed by atoms with E-state index in [2.05, 4.69) is 25.7 Å². The van der Waals surface area contributed by atoms with E-state index in [0.717, 1.165) is 5.56 Å². The highest BCUT2D eigenvalue weighted by atomic mass is 35.5. The summed E-state index contributed by atoms with van der Waals surface area (Å²) in [4.78, 5) is 21.1. The molecular weight excluding hydrogens is 408 g/mol. The Morgan fingerprint density at radius 2 is 2.07 bits per heavy atom. The molecule has 158 valence electrons. The third-order valence-corrected chi connectivity index (χ3v) is 4.57. The number of carbonyl (C=O) groups is 1. The molecule has 0 bridgehead atoms. The number of ether oxygens (including phenoxy) is 1. The minimum atomic E-state index is -0.824. The smallest absolute Gasteiger partial charge is 0.256 e. The van der Waals surface area contributed by atoms with Crippen molar-refractivity contribution in [1.29, 1.82) is 0 Å². The Bertz CT molecular complexity index is 1020. The molecule has 0 fully saturated rings. The Kier molecular flexibility index (Phi) is 6.86. The van der Waals surface area contributed by atoms with E-state index in [4.69, 9.17) is 16.3 Å². The van der Waals surface area contributed by atoms with Gasteiger partial charge in [0.05, 0.1) is 42.4 Å². The van der Waals surface area contributed by atoms with Gasteiger partial charge >= 0.3 is 0 Å². The quantitative estimate of drug-likeness (QED) is 0.471. The van der Waals surface area contributed by atoms with Crippen LogP contribution in [0.2, 0.25) is 5.02 Å². The summed E-state index contributed by atoms with van der Waals surface area (Å²) in [5.41, 5.74) is 1.57. The third-order valence-electron chi connectivity index (χ3n) is 4.29. The minimum absolute atomic E-state index is 0.195. The number of methoxy groups -OCH3 is 1. The second-order valence-electron chi connectivity index (χ2n) is 6.75. The average molecular weight is 431 g/mol. The summed E-state index contributed by atoms with van der Waals surface area (Å²) in [6.45, 7) is 3.65. The minimum Gasteiger partial charge on any atom is -0.496 e. The van der Waals surface area contributed by atoms with Crippen LogP contribution in [-0.4, -0.2) is 50.6 Å². The number of aliphatic hydroxyl groups is 1. The van der Waals surface area contributed by atoms with Crippen molar-refractivity contribution in [2.24, 2.45) is 0 Å². The number of aromatic nitrogens is 4. The molecule has 0 saturated carbocycles. The average Bonchev–Trinajstić information content (AvgIpc) is 3.24. The van der Waals surface area contributed by atoms with Crippen LogP contribution in [0.25, 0.3) is 11.3 Å². The molecule has 9 nitrogen and oxygen atoms in total. The molecule has 1 atom stereocenters. The first-order valence-electron chi connectivity index (χ1n) is 9.31. The zero-order chi connectivity index (χ0) is 21.7. The van der Waals surface area contributed by atoms with Crippen LogP contribution >= 0.6 is 11.6 Å². The monoisotopic (exact) mass is 430 g/mol. The number of amides is 1. The molecular formula is C20H23ClN6O3. The zero-order valence-electron chi connectivity index (χ0n) is 16.8. The van der Waals surface area contributed by atoms with Gasteiger partial charge in [0.25, 0.3) is 5.91 Å². The number of para-hydroxylation sites is 1. The molecule has 0 aliphatic rings. The molecule has 0 aliphatic carbocycles. The van der Waals surface area contributed by atoms with Crippen molar-refractivity contribution in [3.05, 3.63) is 53.4 Å². The molecule has 1 aromatic carbocycles. The number of nitrogens with zero attached hydrogens (tertiary/aromatic N) is 4. The van der Waals surface area contributed by atoms with Gasteiger partial charge in [0.15, 0.2) is 0 Å². The Morgan fingerprint density at radius 3 is 2.73 bits per heavy atom. The predicted octanol–water partition coefficient (Wildman–Crippen LogP) is 2.74. The molecule has 0 radical (unpaired) electrons. The van der Waals surface area contributed by atoms with E-state index in [1.165, 1.54) is 13.3 Å². The zero-order valence-corrected chi connectivity index (χ0v) is 17.6. The molecule has 2 aromatic heterocycles. The lowest BCUT2D eigenvalue weighted by Gasteiger charge is -2.19. The topological polar surface area (TPSA) is 114 Å². The highest BCUT2D eigenvalue weighted by molar-refractivity contribution is 6.32. The van der Waals surface area contributed by atoms with E-state index in [9.17, 15) is 9.90 Å². The lowest BCUT2D eigenvalue weighted by Crippen LogP contribution is -2.43. The normalized spacial score (nSPS) is 11.9. The largest absolute Gasteiger partial charge is 0.496 e. The number of carbonyl (C=O) groups excluding carboxylic acids is 1. The molecule has 2 heterocycles. The predicted molar refractivity (Wildman–Crippen MR) is 114 cm³/mol. The van der Waals surface area contributed by atoms with Crippen molar-refractivity contribution >= 4 is 23.5 Å². The highest BCUT2D eigenvalue weighted by Gasteiger charge is 2.18. The van der Waals surface area contributed by atoms with Gasteiger partial charge in [-0.25, -0.2) is 9.97 Å². The van der Waals surface area contributed by atoms with Crippen LogP contribution in [-0.2, 0) is 0 Å². The Balaban J connectivity index is 1.77. The van der Waals surface area contributed by atoms with E-state index in [0.29, 0.717) is 22.0 Å². The van der Waals surface area contributed by atoms with Crippen LogP contribution in [0.4, 0.5) is 5.95 Å². The van der Waals surface area contributed by atoms with Gasteiger partial charge in [-0.1, -0.05) is 23.7 Å². The summed E-state index contributed by atoms with van der Waals surface area (Å²) in [6.07, 6.45) is 4.14. The summed E-state index contributed by atoms with van der Waals surface area (Å²) in [7, 11) is 1.48. The maximum absolute atomic E-state index is 12.6. The van der Waals surface area contributed by atoms with Gasteiger partial charge in [-0.2, -0.15) is 5.10 Å². The van der Waals surface area contributed by atoms with Crippen molar-refractivity contribution in [2.45, 2.75) is 26.1 Å². The third kappa shape index (κ3) is 4.87. The molecule has 3 rings (SSSR count). The fraction of sp³-hybridized carbons (Fsp3) is 0.300. The first-order chi connectivity index (χ1) is 14.4. The van der Waals surface area contributed by atoms with Gasteiger partial charge in [0, 0.05) is 17.8 Å². The Morgan fingerprint density at radius 1 is 1.30 bits per heavy atom. The van der Waals surface area contributed by atoms with E-state index in [1.54, 1.807) is 35.1 Å². The molecule has 10 heteroatoms. The summed E-state index contributed by atoms with van der Waals surface area (Å²) < 4.78 is 7.00. The number of anilines is 1. The van der Waals surface area contributed by atoms with E-state index >= 15 is 0 Å². The number of halogens is 1. The number of nitrogens with one attached hydrogen (secondary N) is 2. The summed E-state index contributed by atoms with van der Waals surface area (Å²) in [6, 6.07) is 7.00. The van der Waals surface area contributed by atoms with Crippen LogP contribution in [0.5, 0.6) is 5.75 Å². The SMILES string of the molecule is COc1ccccc1C(=O)NC(CO)Nc1ncc(Cl)c(-c2cnn(C(C)C)c2)n1. The molecule has 0 saturated heterocycles. The van der Waals surface area contributed by atoms with Gasteiger partial charge in [-0.15, -0.1) is 0 Å². The van der Waals surface area contributed by atoms with Crippen LogP contribution in [0.1, 0.15) is 30.2 Å². The fourth-order valence-corrected chi connectivity index (χ4v) is 2.93. The van der Waals surface area contributed by atoms with Crippen molar-refractivity contribution in [3.63, 3.8) is 0 Å². The number of benzene rings is 1. The molecule has 3 N–H and O–H groups in total. The first kappa shape index (κ1) is 21.5. The number of rotatable bonds is 8. The second kappa shape index (κ2) is 9.55. The van der Waals surface area contributed by atoms with E-state index in [1.807, 2.05) is 20.0 Å². The van der Waals surface area contributed by atoms with Crippen molar-refractivity contribution in [3.8, 4) is 17.0 Å². The Labute approximate surface area is 179 Å². The molecule has 30 heavy (non-hydrogen) atoms. The lowest BCUT2D eigenvalue weighted by molar-refractivity contribution is 0.0921. The molecule has 3 aromatic rings. The molecule has 1 amide bonds. The van der Waals surface area contributed by atoms with Crippen molar-refractivity contribution in [2.75, 3.05) is 19.0 Å².